The number of quaternary nitrogens is 2. The Morgan fingerprint density at radius 2 is 1.05 bits per heavy atom. The molecule has 0 aromatic carbocycles. The quantitative estimate of drug-likeness (QED) is 0.424. The summed E-state index contributed by atoms with van der Waals surface area (Å²) in [6.07, 6.45) is 8.89. The average molecular weight is 414 g/mol. The van der Waals surface area contributed by atoms with Gasteiger partial charge >= 0.3 is 0 Å². The van der Waals surface area contributed by atoms with E-state index in [2.05, 4.69) is 13.8 Å². The van der Waals surface area contributed by atoms with Crippen LogP contribution in [0, 0.1) is 0 Å². The molecule has 4 heteroatoms. The standard InChI is InChI=1S/C16H34N2.2BrH/c1-3-17(4-2)13-10-14-18(16-15-17)11-8-6-5-7-9-12-18;;/h3-16H2,1-2H3;2*1H/q+2;;/p-2. The van der Waals surface area contributed by atoms with Gasteiger partial charge in [-0.2, -0.15) is 0 Å². The van der Waals surface area contributed by atoms with Gasteiger partial charge in [-0.15, -0.1) is 0 Å². The van der Waals surface area contributed by atoms with Crippen molar-refractivity contribution in [2.75, 3.05) is 52.4 Å². The summed E-state index contributed by atoms with van der Waals surface area (Å²) in [6, 6.07) is 0. The van der Waals surface area contributed by atoms with Crippen LogP contribution in [0.25, 0.3) is 0 Å². The summed E-state index contributed by atoms with van der Waals surface area (Å²) < 4.78 is 2.86. The lowest BCUT2D eigenvalue weighted by Gasteiger charge is -2.40. The van der Waals surface area contributed by atoms with Gasteiger partial charge in [-0.3, -0.25) is 0 Å². The minimum Gasteiger partial charge on any atom is -1.00 e. The Morgan fingerprint density at radius 1 is 0.550 bits per heavy atom. The van der Waals surface area contributed by atoms with Crippen molar-refractivity contribution in [3.63, 3.8) is 0 Å². The second kappa shape index (κ2) is 9.81. The third kappa shape index (κ3) is 5.26. The number of halogens is 2. The Kier molecular flexibility index (Phi) is 10.2. The summed E-state index contributed by atoms with van der Waals surface area (Å²) in [5, 5.41) is 0. The van der Waals surface area contributed by atoms with Crippen LogP contribution in [0.4, 0.5) is 0 Å². The van der Waals surface area contributed by atoms with Crippen LogP contribution in [-0.4, -0.2) is 61.3 Å². The van der Waals surface area contributed by atoms with Gasteiger partial charge in [-0.25, -0.2) is 0 Å². The third-order valence-electron chi connectivity index (χ3n) is 5.92. The second-order valence-electron chi connectivity index (χ2n) is 6.78. The van der Waals surface area contributed by atoms with Crippen molar-refractivity contribution < 1.29 is 42.9 Å². The van der Waals surface area contributed by atoms with E-state index in [0.717, 1.165) is 0 Å². The molecule has 2 saturated heterocycles. The SMILES string of the molecule is CC[N+]1(CC)CCC[N+]2(CCCCCCC2)CC1.[Br-].[Br-]. The Morgan fingerprint density at radius 3 is 1.60 bits per heavy atom. The fourth-order valence-electron chi connectivity index (χ4n) is 4.23. The zero-order chi connectivity index (χ0) is 12.9. The number of nitrogens with zero attached hydrogens (tertiary/aromatic N) is 2. The van der Waals surface area contributed by atoms with Crippen molar-refractivity contribution in [1.29, 1.82) is 0 Å². The first kappa shape index (κ1) is 20.9. The molecule has 2 aliphatic heterocycles. The molecule has 0 atom stereocenters. The summed E-state index contributed by atoms with van der Waals surface area (Å²) in [7, 11) is 0. The van der Waals surface area contributed by atoms with Gasteiger partial charge in [0.05, 0.1) is 39.3 Å². The molecule has 0 amide bonds. The molecule has 0 aromatic rings. The highest BCUT2D eigenvalue weighted by atomic mass is 79.9. The first-order valence-electron chi connectivity index (χ1n) is 8.44. The van der Waals surface area contributed by atoms with E-state index in [-0.39, 0.29) is 34.0 Å². The molecule has 2 heterocycles. The highest BCUT2D eigenvalue weighted by Crippen LogP contribution is 2.23. The maximum atomic E-state index is 2.40. The fraction of sp³-hybridized carbons (Fsp3) is 1.00. The first-order valence-corrected chi connectivity index (χ1v) is 8.44. The van der Waals surface area contributed by atoms with Crippen LogP contribution in [0.1, 0.15) is 52.4 Å². The molecule has 2 fully saturated rings. The Hall–Kier alpha value is 0.880. The zero-order valence-corrected chi connectivity index (χ0v) is 16.7. The van der Waals surface area contributed by atoms with Gasteiger partial charge in [0.15, 0.2) is 0 Å². The van der Waals surface area contributed by atoms with Gasteiger partial charge in [-0.1, -0.05) is 6.42 Å². The van der Waals surface area contributed by atoms with Crippen LogP contribution in [0.5, 0.6) is 0 Å². The number of likely N-dealkylation sites (N-methyl/N-ethyl adjacent to an activating group) is 1. The van der Waals surface area contributed by atoms with Crippen molar-refractivity contribution >= 4 is 0 Å². The van der Waals surface area contributed by atoms with Crippen molar-refractivity contribution in [2.45, 2.75) is 52.4 Å². The Labute approximate surface area is 147 Å². The normalized spacial score (nSPS) is 25.5. The summed E-state index contributed by atoms with van der Waals surface area (Å²) in [5.41, 5.74) is 0. The molecule has 0 radical (unpaired) electrons. The molecular weight excluding hydrogens is 380 g/mol. The van der Waals surface area contributed by atoms with Crippen molar-refractivity contribution in [3.8, 4) is 0 Å². The van der Waals surface area contributed by atoms with Gasteiger partial charge in [-0.05, 0) is 39.5 Å². The van der Waals surface area contributed by atoms with E-state index in [1.54, 1.807) is 0 Å². The van der Waals surface area contributed by atoms with E-state index in [9.17, 15) is 0 Å². The van der Waals surface area contributed by atoms with Crippen LogP contribution < -0.4 is 34.0 Å². The predicted molar refractivity (Wildman–Crippen MR) is 78.5 cm³/mol. The lowest BCUT2D eigenvalue weighted by molar-refractivity contribution is -0.962. The molecular formula is C16H34Br2N2. The highest BCUT2D eigenvalue weighted by molar-refractivity contribution is 4.58. The highest BCUT2D eigenvalue weighted by Gasteiger charge is 2.36. The number of hydrogen-bond donors (Lipinski definition) is 0. The van der Waals surface area contributed by atoms with E-state index < -0.39 is 0 Å². The molecule has 0 saturated carbocycles. The van der Waals surface area contributed by atoms with Crippen LogP contribution in [0.2, 0.25) is 0 Å². The molecule has 1 spiro atoms. The Balaban J connectivity index is 0.00000180. The molecule has 20 heavy (non-hydrogen) atoms. The van der Waals surface area contributed by atoms with E-state index in [4.69, 9.17) is 0 Å². The zero-order valence-electron chi connectivity index (χ0n) is 13.5. The number of rotatable bonds is 2. The van der Waals surface area contributed by atoms with Gasteiger partial charge in [0.1, 0.15) is 13.1 Å². The first-order chi connectivity index (χ1) is 8.74. The second-order valence-corrected chi connectivity index (χ2v) is 6.78. The van der Waals surface area contributed by atoms with Crippen molar-refractivity contribution in [3.05, 3.63) is 0 Å². The predicted octanol–water partition coefficient (Wildman–Crippen LogP) is -2.96. The molecule has 122 valence electrons. The minimum atomic E-state index is 0. The van der Waals surface area contributed by atoms with Gasteiger partial charge < -0.3 is 42.9 Å². The molecule has 2 nitrogen and oxygen atoms in total. The topological polar surface area (TPSA) is 0 Å². The average Bonchev–Trinajstić information content (AvgIpc) is 2.55. The van der Waals surface area contributed by atoms with Crippen molar-refractivity contribution in [1.82, 2.24) is 0 Å². The largest absolute Gasteiger partial charge is 1.00 e. The van der Waals surface area contributed by atoms with Crippen molar-refractivity contribution in [2.24, 2.45) is 0 Å². The van der Waals surface area contributed by atoms with Crippen LogP contribution in [0.3, 0.4) is 0 Å². The van der Waals surface area contributed by atoms with E-state index in [0.29, 0.717) is 0 Å². The molecule has 2 rings (SSSR count). The maximum Gasteiger partial charge on any atom is 0.129 e. The Bertz CT molecular complexity index is 247. The van der Waals surface area contributed by atoms with Gasteiger partial charge in [0, 0.05) is 6.42 Å². The summed E-state index contributed by atoms with van der Waals surface area (Å²) in [5.74, 6) is 0. The molecule has 0 N–H and O–H groups in total. The summed E-state index contributed by atoms with van der Waals surface area (Å²) in [4.78, 5) is 0. The molecule has 0 aromatic heterocycles. The lowest BCUT2D eigenvalue weighted by Crippen LogP contribution is -3.00. The van der Waals surface area contributed by atoms with Gasteiger partial charge in [0.2, 0.25) is 0 Å². The van der Waals surface area contributed by atoms with E-state index in [1.165, 1.54) is 99.8 Å². The third-order valence-corrected chi connectivity index (χ3v) is 5.92. The fourth-order valence-corrected chi connectivity index (χ4v) is 4.23. The molecule has 0 unspecified atom stereocenters. The molecule has 0 bridgehead atoms. The monoisotopic (exact) mass is 412 g/mol. The van der Waals surface area contributed by atoms with Crippen LogP contribution in [-0.2, 0) is 0 Å². The van der Waals surface area contributed by atoms with Crippen LogP contribution >= 0.6 is 0 Å². The maximum absolute atomic E-state index is 2.40. The number of hydrogen-bond acceptors (Lipinski definition) is 0. The summed E-state index contributed by atoms with van der Waals surface area (Å²) >= 11 is 0. The van der Waals surface area contributed by atoms with E-state index >= 15 is 0 Å². The van der Waals surface area contributed by atoms with Gasteiger partial charge in [0.25, 0.3) is 0 Å². The smallest absolute Gasteiger partial charge is 0.129 e. The summed E-state index contributed by atoms with van der Waals surface area (Å²) in [6.45, 7) is 16.2. The van der Waals surface area contributed by atoms with Crippen LogP contribution in [0.15, 0.2) is 0 Å². The van der Waals surface area contributed by atoms with E-state index in [1.807, 2.05) is 0 Å². The minimum absolute atomic E-state index is 0. The molecule has 2 aliphatic rings. The lowest BCUT2D eigenvalue weighted by atomic mass is 10.1. The molecule has 0 aliphatic carbocycles.